The second-order valence-corrected chi connectivity index (χ2v) is 6.76. The predicted molar refractivity (Wildman–Crippen MR) is 77.8 cm³/mol. The second kappa shape index (κ2) is 6.45. The van der Waals surface area contributed by atoms with Gasteiger partial charge in [0.25, 0.3) is 0 Å². The van der Waals surface area contributed by atoms with Gasteiger partial charge in [0.2, 0.25) is 0 Å². The lowest BCUT2D eigenvalue weighted by molar-refractivity contribution is 0.197. The van der Waals surface area contributed by atoms with Gasteiger partial charge >= 0.3 is 0 Å². The summed E-state index contributed by atoms with van der Waals surface area (Å²) >= 11 is 0. The van der Waals surface area contributed by atoms with Gasteiger partial charge in [-0.2, -0.15) is 0 Å². The molecule has 0 saturated carbocycles. The molecule has 1 unspecified atom stereocenters. The Balaban J connectivity index is 2.35. The Hall–Kier alpha value is -1.27. The van der Waals surface area contributed by atoms with E-state index in [0.717, 1.165) is 36.1 Å². The number of aliphatic imine (C=N–C) groups is 1. The molecule has 0 radical (unpaired) electrons. The van der Waals surface area contributed by atoms with E-state index in [1.807, 2.05) is 6.07 Å². The standard InChI is InChI=1S/C14H19FN2O2S/c1-19-9-3-8-17-12-7-6-11-4-2-5-13(14(11)12)20(16,18)10-15/h2,4-5,16H,3,6-10H2,1H3. The fourth-order valence-corrected chi connectivity index (χ4v) is 3.40. The molecule has 1 aliphatic rings. The van der Waals surface area contributed by atoms with Gasteiger partial charge in [-0.15, -0.1) is 0 Å². The maximum Gasteiger partial charge on any atom is 0.176 e. The fraction of sp³-hybridized carbons (Fsp3) is 0.500. The zero-order valence-electron chi connectivity index (χ0n) is 11.5. The summed E-state index contributed by atoms with van der Waals surface area (Å²) in [5.41, 5.74) is 2.60. The third-order valence-electron chi connectivity index (χ3n) is 3.35. The van der Waals surface area contributed by atoms with Crippen LogP contribution in [0.25, 0.3) is 0 Å². The first-order chi connectivity index (χ1) is 9.60. The van der Waals surface area contributed by atoms with Crippen molar-refractivity contribution in [3.05, 3.63) is 29.3 Å². The van der Waals surface area contributed by atoms with Gasteiger partial charge in [-0.3, -0.25) is 4.99 Å². The van der Waals surface area contributed by atoms with Crippen molar-refractivity contribution in [2.75, 3.05) is 26.3 Å². The highest BCUT2D eigenvalue weighted by Gasteiger charge is 2.25. The molecule has 6 heteroatoms. The molecule has 0 spiro atoms. The van der Waals surface area contributed by atoms with Crippen LogP contribution in [-0.2, 0) is 20.9 Å². The summed E-state index contributed by atoms with van der Waals surface area (Å²) < 4.78 is 37.6. The Bertz CT molecular complexity index is 612. The molecule has 1 N–H and O–H groups in total. The van der Waals surface area contributed by atoms with Crippen LogP contribution < -0.4 is 0 Å². The van der Waals surface area contributed by atoms with E-state index in [1.54, 1.807) is 19.2 Å². The number of aryl methyl sites for hydroxylation is 1. The Morgan fingerprint density at radius 1 is 1.45 bits per heavy atom. The van der Waals surface area contributed by atoms with E-state index in [0.29, 0.717) is 18.0 Å². The number of nitrogens with one attached hydrogen (secondary N) is 1. The summed E-state index contributed by atoms with van der Waals surface area (Å²) in [6, 6.07) is 4.11. The van der Waals surface area contributed by atoms with Crippen molar-refractivity contribution in [2.45, 2.75) is 24.2 Å². The van der Waals surface area contributed by atoms with E-state index in [2.05, 4.69) is 4.99 Å². The molecule has 0 fully saturated rings. The van der Waals surface area contributed by atoms with E-state index < -0.39 is 15.7 Å². The topological polar surface area (TPSA) is 62.5 Å². The average Bonchev–Trinajstić information content (AvgIpc) is 2.87. The molecule has 1 aromatic rings. The highest BCUT2D eigenvalue weighted by Crippen LogP contribution is 2.30. The van der Waals surface area contributed by atoms with Crippen molar-refractivity contribution < 1.29 is 13.3 Å². The van der Waals surface area contributed by atoms with Crippen LogP contribution >= 0.6 is 0 Å². The number of alkyl halides is 1. The fourth-order valence-electron chi connectivity index (χ4n) is 2.41. The van der Waals surface area contributed by atoms with Gasteiger partial charge in [0.15, 0.2) is 6.01 Å². The summed E-state index contributed by atoms with van der Waals surface area (Å²) in [5, 5.41) is 0. The van der Waals surface area contributed by atoms with Crippen molar-refractivity contribution in [1.29, 1.82) is 4.78 Å². The van der Waals surface area contributed by atoms with E-state index in [9.17, 15) is 8.60 Å². The van der Waals surface area contributed by atoms with Gasteiger partial charge in [0, 0.05) is 31.5 Å². The van der Waals surface area contributed by atoms with Crippen LogP contribution in [0.5, 0.6) is 0 Å². The number of hydrogen-bond donors (Lipinski definition) is 1. The number of halogens is 1. The first kappa shape index (κ1) is 15.1. The average molecular weight is 298 g/mol. The van der Waals surface area contributed by atoms with Crippen LogP contribution in [0.1, 0.15) is 24.0 Å². The van der Waals surface area contributed by atoms with Crippen LogP contribution in [0.2, 0.25) is 0 Å². The summed E-state index contributed by atoms with van der Waals surface area (Å²) in [4.78, 5) is 4.81. The molecule has 2 rings (SSSR count). The third kappa shape index (κ3) is 3.07. The molecule has 0 amide bonds. The lowest BCUT2D eigenvalue weighted by Crippen LogP contribution is -2.09. The first-order valence-electron chi connectivity index (χ1n) is 6.57. The highest BCUT2D eigenvalue weighted by molar-refractivity contribution is 7.92. The van der Waals surface area contributed by atoms with Crippen LogP contribution in [0.15, 0.2) is 28.1 Å². The lowest BCUT2D eigenvalue weighted by Gasteiger charge is -2.10. The molecule has 4 nitrogen and oxygen atoms in total. The normalized spacial score (nSPS) is 19.0. The second-order valence-electron chi connectivity index (χ2n) is 4.75. The van der Waals surface area contributed by atoms with Crippen molar-refractivity contribution in [2.24, 2.45) is 4.99 Å². The van der Waals surface area contributed by atoms with Gasteiger partial charge in [0.05, 0.1) is 4.90 Å². The molecule has 1 atom stereocenters. The molecule has 0 saturated heterocycles. The lowest BCUT2D eigenvalue weighted by atomic mass is 10.1. The number of rotatable bonds is 6. The van der Waals surface area contributed by atoms with Crippen molar-refractivity contribution >= 4 is 15.4 Å². The zero-order valence-corrected chi connectivity index (χ0v) is 12.3. The van der Waals surface area contributed by atoms with Crippen LogP contribution in [0, 0.1) is 4.78 Å². The summed E-state index contributed by atoms with van der Waals surface area (Å²) in [6.45, 7) is 1.27. The quantitative estimate of drug-likeness (QED) is 0.821. The SMILES string of the molecule is COCCCN=C1CCc2cccc(S(=N)(=O)CF)c21. The monoisotopic (exact) mass is 298 g/mol. The number of nitrogens with zero attached hydrogens (tertiary/aromatic N) is 1. The minimum absolute atomic E-state index is 0.292. The van der Waals surface area contributed by atoms with Crippen molar-refractivity contribution in [3.63, 3.8) is 0 Å². The Kier molecular flexibility index (Phi) is 4.88. The van der Waals surface area contributed by atoms with Gasteiger partial charge < -0.3 is 4.74 Å². The van der Waals surface area contributed by atoms with Gasteiger partial charge in [-0.1, -0.05) is 12.1 Å². The minimum atomic E-state index is -3.36. The van der Waals surface area contributed by atoms with E-state index in [1.165, 1.54) is 0 Å². The molecular weight excluding hydrogens is 279 g/mol. The number of ether oxygens (including phenoxy) is 1. The minimum Gasteiger partial charge on any atom is -0.385 e. The largest absolute Gasteiger partial charge is 0.385 e. The first-order valence-corrected chi connectivity index (χ1v) is 8.30. The summed E-state index contributed by atoms with van der Waals surface area (Å²) in [5.74, 6) is 0. The molecule has 1 aliphatic carbocycles. The van der Waals surface area contributed by atoms with Crippen molar-refractivity contribution in [3.8, 4) is 0 Å². The number of fused-ring (bicyclic) bond motifs is 1. The number of hydrogen-bond acceptors (Lipinski definition) is 4. The highest BCUT2D eigenvalue weighted by atomic mass is 32.2. The maximum atomic E-state index is 12.9. The molecule has 0 aliphatic heterocycles. The Morgan fingerprint density at radius 3 is 2.95 bits per heavy atom. The molecule has 20 heavy (non-hydrogen) atoms. The maximum absolute atomic E-state index is 12.9. The molecule has 0 bridgehead atoms. The van der Waals surface area contributed by atoms with Gasteiger partial charge in [-0.05, 0) is 30.9 Å². The Labute approximate surface area is 119 Å². The predicted octanol–water partition coefficient (Wildman–Crippen LogP) is 2.79. The molecule has 1 aromatic carbocycles. The Morgan fingerprint density at radius 2 is 2.25 bits per heavy atom. The summed E-state index contributed by atoms with van der Waals surface area (Å²) in [7, 11) is -1.72. The zero-order chi connectivity index (χ0) is 14.6. The van der Waals surface area contributed by atoms with E-state index >= 15 is 0 Å². The molecule has 110 valence electrons. The van der Waals surface area contributed by atoms with Gasteiger partial charge in [0.1, 0.15) is 9.73 Å². The summed E-state index contributed by atoms with van der Waals surface area (Å²) in [6.07, 6.45) is 2.39. The van der Waals surface area contributed by atoms with E-state index in [-0.39, 0.29) is 0 Å². The van der Waals surface area contributed by atoms with E-state index in [4.69, 9.17) is 9.52 Å². The number of benzene rings is 1. The smallest absolute Gasteiger partial charge is 0.176 e. The third-order valence-corrected chi connectivity index (χ3v) is 4.71. The molecule has 0 heterocycles. The number of methoxy groups -OCH3 is 1. The molecule has 0 aromatic heterocycles. The van der Waals surface area contributed by atoms with Crippen LogP contribution in [0.4, 0.5) is 4.39 Å². The van der Waals surface area contributed by atoms with Crippen molar-refractivity contribution in [1.82, 2.24) is 0 Å². The van der Waals surface area contributed by atoms with Crippen LogP contribution in [0.3, 0.4) is 0 Å². The van der Waals surface area contributed by atoms with Gasteiger partial charge in [-0.25, -0.2) is 13.4 Å². The molecular formula is C14H19FN2O2S. The van der Waals surface area contributed by atoms with Crippen LogP contribution in [-0.4, -0.2) is 36.2 Å².